The normalized spacial score (nSPS) is 14.5. The first-order chi connectivity index (χ1) is 16.1. The Hall–Kier alpha value is -2.18. The standard InChI is InChI=1S/C28H40N2O3S/c1-7-24-22-16-28(4,5)11-10-21(22)27(34-24)23(31)9-8-20-14-18(2)26(19(3)15-20)33-13-12-30-25(32)17-29-6/h14-15,29H,7-13,16-17H2,1-6H3,(H,30,32). The number of rotatable bonds is 11. The Balaban J connectivity index is 1.61. The summed E-state index contributed by atoms with van der Waals surface area (Å²) in [6.45, 7) is 12.2. The summed E-state index contributed by atoms with van der Waals surface area (Å²) in [6.07, 6.45) is 5.55. The van der Waals surface area contributed by atoms with E-state index in [0.29, 0.717) is 31.5 Å². The zero-order chi connectivity index (χ0) is 24.9. The monoisotopic (exact) mass is 484 g/mol. The van der Waals surface area contributed by atoms with Gasteiger partial charge in [-0.05, 0) is 86.2 Å². The quantitative estimate of drug-likeness (QED) is 0.349. The number of fused-ring (bicyclic) bond motifs is 1. The summed E-state index contributed by atoms with van der Waals surface area (Å²) in [6, 6.07) is 4.25. The van der Waals surface area contributed by atoms with Crippen molar-refractivity contribution in [3.05, 3.63) is 49.7 Å². The summed E-state index contributed by atoms with van der Waals surface area (Å²) in [4.78, 5) is 27.2. The zero-order valence-electron chi connectivity index (χ0n) is 21.7. The second-order valence-corrected chi connectivity index (χ2v) is 11.3. The Labute approximate surface area is 208 Å². The summed E-state index contributed by atoms with van der Waals surface area (Å²) >= 11 is 1.74. The van der Waals surface area contributed by atoms with Crippen LogP contribution < -0.4 is 15.4 Å². The summed E-state index contributed by atoms with van der Waals surface area (Å²) < 4.78 is 5.94. The number of carbonyl (C=O) groups is 2. The van der Waals surface area contributed by atoms with Crippen LogP contribution in [0.1, 0.15) is 76.0 Å². The molecule has 0 fully saturated rings. The van der Waals surface area contributed by atoms with Gasteiger partial charge in [-0.1, -0.05) is 32.9 Å². The molecule has 1 aliphatic carbocycles. The highest BCUT2D eigenvalue weighted by Crippen LogP contribution is 2.42. The number of ether oxygens (including phenoxy) is 1. The lowest BCUT2D eigenvalue weighted by molar-refractivity contribution is -0.120. The van der Waals surface area contributed by atoms with Crippen molar-refractivity contribution >= 4 is 23.0 Å². The van der Waals surface area contributed by atoms with Crippen LogP contribution in [0.25, 0.3) is 0 Å². The molecule has 6 heteroatoms. The van der Waals surface area contributed by atoms with Crippen LogP contribution in [-0.2, 0) is 30.5 Å². The molecule has 34 heavy (non-hydrogen) atoms. The van der Waals surface area contributed by atoms with E-state index in [-0.39, 0.29) is 11.7 Å². The van der Waals surface area contributed by atoms with Gasteiger partial charge in [-0.15, -0.1) is 11.3 Å². The minimum atomic E-state index is -0.0404. The van der Waals surface area contributed by atoms with Gasteiger partial charge in [-0.2, -0.15) is 0 Å². The lowest BCUT2D eigenvalue weighted by atomic mass is 9.74. The number of Topliss-reactive ketones (excluding diaryl/α,β-unsaturated/α-hetero) is 1. The van der Waals surface area contributed by atoms with Gasteiger partial charge in [0.25, 0.3) is 0 Å². The molecule has 0 saturated carbocycles. The van der Waals surface area contributed by atoms with Crippen LogP contribution in [0.2, 0.25) is 0 Å². The topological polar surface area (TPSA) is 67.4 Å². The fourth-order valence-corrected chi connectivity index (χ4v) is 6.19. The minimum Gasteiger partial charge on any atom is -0.491 e. The molecule has 0 saturated heterocycles. The molecular formula is C28H40N2O3S. The number of hydrogen-bond acceptors (Lipinski definition) is 5. The van der Waals surface area contributed by atoms with Crippen LogP contribution in [0.4, 0.5) is 0 Å². The average molecular weight is 485 g/mol. The van der Waals surface area contributed by atoms with Crippen molar-refractivity contribution in [1.82, 2.24) is 10.6 Å². The summed E-state index contributed by atoms with van der Waals surface area (Å²) in [5, 5.41) is 5.65. The predicted octanol–water partition coefficient (Wildman–Crippen LogP) is 4.97. The second-order valence-electron chi connectivity index (χ2n) is 10.2. The highest BCUT2D eigenvalue weighted by atomic mass is 32.1. The van der Waals surface area contributed by atoms with Crippen molar-refractivity contribution in [2.75, 3.05) is 26.7 Å². The number of aryl methyl sites for hydroxylation is 4. The molecule has 1 aromatic carbocycles. The smallest absolute Gasteiger partial charge is 0.234 e. The van der Waals surface area contributed by atoms with Gasteiger partial charge in [0.1, 0.15) is 12.4 Å². The van der Waals surface area contributed by atoms with Crippen LogP contribution in [0.5, 0.6) is 5.75 Å². The Morgan fingerprint density at radius 1 is 1.15 bits per heavy atom. The van der Waals surface area contributed by atoms with E-state index in [0.717, 1.165) is 53.9 Å². The summed E-state index contributed by atoms with van der Waals surface area (Å²) in [5.74, 6) is 1.11. The van der Waals surface area contributed by atoms with Gasteiger partial charge >= 0.3 is 0 Å². The number of benzene rings is 1. The van der Waals surface area contributed by atoms with Crippen LogP contribution >= 0.6 is 11.3 Å². The van der Waals surface area contributed by atoms with Crippen LogP contribution in [-0.4, -0.2) is 38.4 Å². The predicted molar refractivity (Wildman–Crippen MR) is 141 cm³/mol. The largest absolute Gasteiger partial charge is 0.491 e. The molecule has 1 aliphatic rings. The van der Waals surface area contributed by atoms with E-state index in [9.17, 15) is 9.59 Å². The Kier molecular flexibility index (Phi) is 8.94. The molecule has 3 rings (SSSR count). The van der Waals surface area contributed by atoms with Crippen molar-refractivity contribution in [1.29, 1.82) is 0 Å². The molecule has 0 radical (unpaired) electrons. The van der Waals surface area contributed by atoms with Crippen molar-refractivity contribution in [3.63, 3.8) is 0 Å². The Bertz CT molecular complexity index is 1020. The first-order valence-electron chi connectivity index (χ1n) is 12.5. The van der Waals surface area contributed by atoms with Crippen molar-refractivity contribution < 1.29 is 14.3 Å². The molecule has 0 aliphatic heterocycles. The molecular weight excluding hydrogens is 444 g/mol. The summed E-state index contributed by atoms with van der Waals surface area (Å²) in [7, 11) is 1.75. The molecule has 1 heterocycles. The van der Waals surface area contributed by atoms with Gasteiger partial charge in [0, 0.05) is 11.3 Å². The van der Waals surface area contributed by atoms with E-state index in [1.807, 2.05) is 13.8 Å². The molecule has 0 unspecified atom stereocenters. The van der Waals surface area contributed by atoms with Gasteiger partial charge in [0.15, 0.2) is 5.78 Å². The Morgan fingerprint density at radius 3 is 2.50 bits per heavy atom. The third-order valence-corrected chi connectivity index (χ3v) is 8.11. The van der Waals surface area contributed by atoms with Gasteiger partial charge in [-0.3, -0.25) is 9.59 Å². The van der Waals surface area contributed by atoms with Gasteiger partial charge in [-0.25, -0.2) is 0 Å². The fourth-order valence-electron chi connectivity index (χ4n) is 4.91. The lowest BCUT2D eigenvalue weighted by Crippen LogP contribution is -2.34. The van der Waals surface area contributed by atoms with E-state index in [1.54, 1.807) is 18.4 Å². The average Bonchev–Trinajstić information content (AvgIpc) is 3.13. The Morgan fingerprint density at radius 2 is 1.85 bits per heavy atom. The number of nitrogens with one attached hydrogen (secondary N) is 2. The zero-order valence-corrected chi connectivity index (χ0v) is 22.5. The fraction of sp³-hybridized carbons (Fsp3) is 0.571. The number of ketones is 1. The first kappa shape index (κ1) is 26.4. The van der Waals surface area contributed by atoms with Gasteiger partial charge < -0.3 is 15.4 Å². The van der Waals surface area contributed by atoms with Gasteiger partial charge in [0.05, 0.1) is 18.0 Å². The molecule has 0 spiro atoms. The molecule has 0 bridgehead atoms. The maximum absolute atomic E-state index is 13.2. The third-order valence-electron chi connectivity index (χ3n) is 6.65. The van der Waals surface area contributed by atoms with E-state index in [1.165, 1.54) is 21.6 Å². The van der Waals surface area contributed by atoms with Gasteiger partial charge in [0.2, 0.25) is 5.91 Å². The van der Waals surface area contributed by atoms with E-state index >= 15 is 0 Å². The number of hydrogen-bond donors (Lipinski definition) is 2. The lowest BCUT2D eigenvalue weighted by Gasteiger charge is -2.30. The van der Waals surface area contributed by atoms with Crippen molar-refractivity contribution in [3.8, 4) is 5.75 Å². The highest BCUT2D eigenvalue weighted by Gasteiger charge is 2.31. The van der Waals surface area contributed by atoms with E-state index < -0.39 is 0 Å². The molecule has 2 aromatic rings. The molecule has 1 amide bonds. The molecule has 5 nitrogen and oxygen atoms in total. The molecule has 186 valence electrons. The SMILES string of the molecule is CCc1sc(C(=O)CCc2cc(C)c(OCCNC(=O)CNC)c(C)c2)c2c1CC(C)(C)CC2. The molecule has 0 atom stereocenters. The molecule has 2 N–H and O–H groups in total. The second kappa shape index (κ2) is 11.5. The number of carbonyl (C=O) groups excluding carboxylic acids is 2. The van der Waals surface area contributed by atoms with Crippen LogP contribution in [0.3, 0.4) is 0 Å². The maximum atomic E-state index is 13.2. The van der Waals surface area contributed by atoms with Crippen molar-refractivity contribution in [2.45, 2.75) is 73.1 Å². The number of thiophene rings is 1. The third kappa shape index (κ3) is 6.48. The maximum Gasteiger partial charge on any atom is 0.234 e. The number of amides is 1. The molecule has 1 aromatic heterocycles. The minimum absolute atomic E-state index is 0.0404. The number of likely N-dealkylation sites (N-methyl/N-ethyl adjacent to an activating group) is 1. The van der Waals surface area contributed by atoms with Crippen LogP contribution in [0.15, 0.2) is 12.1 Å². The first-order valence-corrected chi connectivity index (χ1v) is 13.3. The summed E-state index contributed by atoms with van der Waals surface area (Å²) in [5.41, 5.74) is 6.42. The van der Waals surface area contributed by atoms with E-state index in [4.69, 9.17) is 4.74 Å². The highest BCUT2D eigenvalue weighted by molar-refractivity contribution is 7.14. The van der Waals surface area contributed by atoms with E-state index in [2.05, 4.69) is 43.5 Å². The van der Waals surface area contributed by atoms with Crippen LogP contribution in [0, 0.1) is 19.3 Å². The van der Waals surface area contributed by atoms with Crippen molar-refractivity contribution in [2.24, 2.45) is 5.41 Å².